The molecule has 3 heterocycles. The standard InChI is InChI=1S/C23H25N3O3/c1-3-17-15-19(16(2)24-22(17)27)20-9-10-21(29-20)23(28)26-13-11-25(12-14-26)18-7-5-4-6-8-18/h4-10,15H,3,11-14H2,1-2H3,(H,24,27). The summed E-state index contributed by atoms with van der Waals surface area (Å²) in [6, 6.07) is 15.6. The zero-order valence-electron chi connectivity index (χ0n) is 16.8. The first-order valence-electron chi connectivity index (χ1n) is 9.99. The van der Waals surface area contributed by atoms with E-state index in [9.17, 15) is 9.59 Å². The van der Waals surface area contributed by atoms with Crippen LogP contribution in [0.15, 0.2) is 57.7 Å². The van der Waals surface area contributed by atoms with E-state index in [1.165, 1.54) is 5.69 Å². The van der Waals surface area contributed by atoms with Gasteiger partial charge in [-0.25, -0.2) is 0 Å². The Labute approximate surface area is 169 Å². The third kappa shape index (κ3) is 3.83. The molecule has 0 saturated carbocycles. The molecular weight excluding hydrogens is 366 g/mol. The van der Waals surface area contributed by atoms with Crippen LogP contribution in [0.5, 0.6) is 0 Å². The van der Waals surface area contributed by atoms with Gasteiger partial charge in [-0.15, -0.1) is 0 Å². The molecule has 0 atom stereocenters. The highest BCUT2D eigenvalue weighted by Gasteiger charge is 2.25. The van der Waals surface area contributed by atoms with Crippen molar-refractivity contribution >= 4 is 11.6 Å². The smallest absolute Gasteiger partial charge is 0.289 e. The second-order valence-electron chi connectivity index (χ2n) is 7.29. The summed E-state index contributed by atoms with van der Waals surface area (Å²) in [4.78, 5) is 31.8. The van der Waals surface area contributed by atoms with E-state index >= 15 is 0 Å². The molecule has 0 radical (unpaired) electrons. The van der Waals surface area contributed by atoms with E-state index < -0.39 is 0 Å². The Balaban J connectivity index is 1.48. The number of amides is 1. The third-order valence-electron chi connectivity index (χ3n) is 5.47. The number of hydrogen-bond acceptors (Lipinski definition) is 4. The predicted molar refractivity (Wildman–Crippen MR) is 113 cm³/mol. The summed E-state index contributed by atoms with van der Waals surface area (Å²) in [7, 11) is 0. The Kier molecular flexibility index (Phi) is 5.25. The molecule has 0 spiro atoms. The van der Waals surface area contributed by atoms with Crippen LogP contribution in [0, 0.1) is 6.92 Å². The van der Waals surface area contributed by atoms with Crippen molar-refractivity contribution in [3.63, 3.8) is 0 Å². The Bertz CT molecular complexity index is 1060. The van der Waals surface area contributed by atoms with Crippen LogP contribution in [-0.4, -0.2) is 42.0 Å². The second kappa shape index (κ2) is 7.99. The minimum atomic E-state index is -0.0956. The summed E-state index contributed by atoms with van der Waals surface area (Å²) in [5.41, 5.74) is 3.35. The number of carbonyl (C=O) groups excluding carboxylic acids is 1. The van der Waals surface area contributed by atoms with Gasteiger partial charge in [-0.05, 0) is 43.7 Å². The van der Waals surface area contributed by atoms with Gasteiger partial charge in [0, 0.05) is 48.7 Å². The second-order valence-corrected chi connectivity index (χ2v) is 7.29. The van der Waals surface area contributed by atoms with Crippen LogP contribution >= 0.6 is 0 Å². The van der Waals surface area contributed by atoms with Gasteiger partial charge in [0.1, 0.15) is 5.76 Å². The number of piperazine rings is 1. The number of H-pyrrole nitrogens is 1. The van der Waals surface area contributed by atoms with Gasteiger partial charge in [0.2, 0.25) is 0 Å². The number of carbonyl (C=O) groups is 1. The summed E-state index contributed by atoms with van der Waals surface area (Å²) >= 11 is 0. The normalized spacial score (nSPS) is 14.3. The first-order valence-corrected chi connectivity index (χ1v) is 9.99. The van der Waals surface area contributed by atoms with Crippen molar-refractivity contribution < 1.29 is 9.21 Å². The zero-order chi connectivity index (χ0) is 20.4. The van der Waals surface area contributed by atoms with E-state index in [4.69, 9.17) is 4.42 Å². The van der Waals surface area contributed by atoms with Gasteiger partial charge in [-0.1, -0.05) is 25.1 Å². The molecule has 1 saturated heterocycles. The van der Waals surface area contributed by atoms with Crippen LogP contribution in [0.25, 0.3) is 11.3 Å². The van der Waals surface area contributed by atoms with Gasteiger partial charge in [0.15, 0.2) is 5.76 Å². The molecule has 1 aliphatic rings. The summed E-state index contributed by atoms with van der Waals surface area (Å²) in [5.74, 6) is 0.832. The first kappa shape index (κ1) is 19.1. The Hall–Kier alpha value is -3.28. The number of benzene rings is 1. The predicted octanol–water partition coefficient (Wildman–Crippen LogP) is 3.47. The van der Waals surface area contributed by atoms with Crippen LogP contribution in [0.4, 0.5) is 5.69 Å². The highest BCUT2D eigenvalue weighted by Crippen LogP contribution is 2.26. The number of pyridine rings is 1. The molecule has 1 aliphatic heterocycles. The Morgan fingerprint density at radius 3 is 2.48 bits per heavy atom. The van der Waals surface area contributed by atoms with Crippen molar-refractivity contribution in [1.29, 1.82) is 0 Å². The lowest BCUT2D eigenvalue weighted by Gasteiger charge is -2.35. The number of para-hydroxylation sites is 1. The number of furan rings is 1. The van der Waals surface area contributed by atoms with E-state index in [2.05, 4.69) is 22.0 Å². The molecule has 29 heavy (non-hydrogen) atoms. The lowest BCUT2D eigenvalue weighted by atomic mass is 10.1. The average Bonchev–Trinajstić information content (AvgIpc) is 3.24. The molecule has 0 bridgehead atoms. The minimum absolute atomic E-state index is 0.0760. The van der Waals surface area contributed by atoms with E-state index in [1.807, 2.05) is 43.0 Å². The highest BCUT2D eigenvalue weighted by atomic mass is 16.4. The van der Waals surface area contributed by atoms with Crippen molar-refractivity contribution in [1.82, 2.24) is 9.88 Å². The van der Waals surface area contributed by atoms with E-state index in [1.54, 1.807) is 12.1 Å². The lowest BCUT2D eigenvalue weighted by molar-refractivity contribution is 0.0715. The maximum absolute atomic E-state index is 12.9. The highest BCUT2D eigenvalue weighted by molar-refractivity contribution is 5.92. The van der Waals surface area contributed by atoms with Crippen LogP contribution in [0.3, 0.4) is 0 Å². The van der Waals surface area contributed by atoms with Crippen molar-refractivity contribution in [2.45, 2.75) is 20.3 Å². The van der Waals surface area contributed by atoms with Crippen LogP contribution in [0.1, 0.15) is 28.7 Å². The molecule has 6 heteroatoms. The SMILES string of the molecule is CCc1cc(-c2ccc(C(=O)N3CCN(c4ccccc4)CC3)o2)c(C)[nH]c1=O. The lowest BCUT2D eigenvalue weighted by Crippen LogP contribution is -2.48. The largest absolute Gasteiger partial charge is 0.451 e. The fraction of sp³-hybridized carbons (Fsp3) is 0.304. The van der Waals surface area contributed by atoms with Gasteiger partial charge >= 0.3 is 0 Å². The maximum atomic E-state index is 12.9. The van der Waals surface area contributed by atoms with Crippen LogP contribution in [0.2, 0.25) is 0 Å². The molecule has 150 valence electrons. The van der Waals surface area contributed by atoms with Crippen molar-refractivity contribution in [3.05, 3.63) is 75.9 Å². The molecule has 1 aromatic carbocycles. The molecule has 2 aromatic heterocycles. The van der Waals surface area contributed by atoms with Crippen LogP contribution < -0.4 is 10.5 Å². The number of hydrogen-bond donors (Lipinski definition) is 1. The van der Waals surface area contributed by atoms with Gasteiger partial charge in [0.25, 0.3) is 11.5 Å². The number of nitrogens with one attached hydrogen (secondary N) is 1. The molecule has 1 amide bonds. The number of anilines is 1. The number of aromatic amines is 1. The molecule has 3 aromatic rings. The molecule has 0 aliphatic carbocycles. The van der Waals surface area contributed by atoms with E-state index in [-0.39, 0.29) is 11.5 Å². The van der Waals surface area contributed by atoms with E-state index in [0.717, 1.165) is 24.3 Å². The fourth-order valence-electron chi connectivity index (χ4n) is 3.74. The average molecular weight is 391 g/mol. The summed E-state index contributed by atoms with van der Waals surface area (Å²) in [6.45, 7) is 6.67. The Morgan fingerprint density at radius 2 is 1.79 bits per heavy atom. The summed E-state index contributed by atoms with van der Waals surface area (Å²) in [5, 5.41) is 0. The molecule has 6 nitrogen and oxygen atoms in total. The maximum Gasteiger partial charge on any atom is 0.289 e. The van der Waals surface area contributed by atoms with Crippen LogP contribution in [-0.2, 0) is 6.42 Å². The topological polar surface area (TPSA) is 69.6 Å². The molecule has 0 unspecified atom stereocenters. The van der Waals surface area contributed by atoms with Crippen molar-refractivity contribution in [2.75, 3.05) is 31.1 Å². The number of aryl methyl sites for hydroxylation is 2. The van der Waals surface area contributed by atoms with Gasteiger partial charge in [0.05, 0.1) is 0 Å². The third-order valence-corrected chi connectivity index (χ3v) is 5.47. The van der Waals surface area contributed by atoms with Crippen molar-refractivity contribution in [3.8, 4) is 11.3 Å². The molecule has 1 fully saturated rings. The minimum Gasteiger partial charge on any atom is -0.451 e. The first-order chi connectivity index (χ1) is 14.1. The number of nitrogens with zero attached hydrogens (tertiary/aromatic N) is 2. The van der Waals surface area contributed by atoms with Gasteiger partial charge < -0.3 is 19.2 Å². The van der Waals surface area contributed by atoms with E-state index in [0.29, 0.717) is 36.6 Å². The molecular formula is C23H25N3O3. The zero-order valence-corrected chi connectivity index (χ0v) is 16.8. The van der Waals surface area contributed by atoms with Gasteiger partial charge in [-0.2, -0.15) is 0 Å². The molecule has 4 rings (SSSR count). The fourth-order valence-corrected chi connectivity index (χ4v) is 3.74. The van der Waals surface area contributed by atoms with Crippen molar-refractivity contribution in [2.24, 2.45) is 0 Å². The summed E-state index contributed by atoms with van der Waals surface area (Å²) < 4.78 is 5.89. The quantitative estimate of drug-likeness (QED) is 0.739. The Morgan fingerprint density at radius 1 is 1.07 bits per heavy atom. The molecule has 1 N–H and O–H groups in total. The monoisotopic (exact) mass is 391 g/mol. The number of aromatic nitrogens is 1. The number of rotatable bonds is 4. The summed E-state index contributed by atoms with van der Waals surface area (Å²) in [6.07, 6.45) is 0.640. The van der Waals surface area contributed by atoms with Gasteiger partial charge in [-0.3, -0.25) is 9.59 Å².